The van der Waals surface area contributed by atoms with E-state index >= 15 is 0 Å². The number of carbonyl (C=O) groups excluding carboxylic acids is 1. The Bertz CT molecular complexity index is 655. The molecule has 1 saturated heterocycles. The van der Waals surface area contributed by atoms with Crippen molar-refractivity contribution >= 4 is 22.6 Å². The smallest absolute Gasteiger partial charge is 0.266 e. The number of para-hydroxylation sites is 1. The van der Waals surface area contributed by atoms with E-state index in [1.165, 1.54) is 0 Å². The predicted molar refractivity (Wildman–Crippen MR) is 79.4 cm³/mol. The number of nitrogens with one attached hydrogen (secondary N) is 2. The van der Waals surface area contributed by atoms with Crippen LogP contribution in [0.1, 0.15) is 10.4 Å². The van der Waals surface area contributed by atoms with Gasteiger partial charge in [-0.15, -0.1) is 0 Å². The van der Waals surface area contributed by atoms with E-state index in [-0.39, 0.29) is 5.91 Å². The van der Waals surface area contributed by atoms with Crippen LogP contribution < -0.4 is 16.7 Å². The number of anilines is 1. The topological polar surface area (TPSA) is 92.5 Å². The van der Waals surface area contributed by atoms with Crippen LogP contribution in [0.15, 0.2) is 30.3 Å². The number of nitrogens with two attached hydrogens (primary N) is 1. The second-order valence-corrected chi connectivity index (χ2v) is 4.76. The van der Waals surface area contributed by atoms with E-state index < -0.39 is 0 Å². The summed E-state index contributed by atoms with van der Waals surface area (Å²) in [7, 11) is 0. The summed E-state index contributed by atoms with van der Waals surface area (Å²) in [5.41, 5.74) is 6.65. The highest BCUT2D eigenvalue weighted by atomic mass is 16.5. The standard InChI is InChI=1S/C14H17N5O2/c15-17-13-9-11(10-3-1-2-4-12(10)16-13)14(20)18-19-5-7-21-8-6-19/h1-4,9H,5-8,15H2,(H,16,17)(H,18,20). The lowest BCUT2D eigenvalue weighted by molar-refractivity contribution is 0.0127. The molecule has 0 atom stereocenters. The van der Waals surface area contributed by atoms with Crippen LogP contribution in [0, 0.1) is 0 Å². The minimum absolute atomic E-state index is 0.174. The first-order chi connectivity index (χ1) is 10.3. The van der Waals surface area contributed by atoms with Crippen molar-refractivity contribution in [3.63, 3.8) is 0 Å². The molecule has 0 spiro atoms. The first kappa shape index (κ1) is 13.7. The van der Waals surface area contributed by atoms with Gasteiger partial charge in [0.2, 0.25) is 0 Å². The van der Waals surface area contributed by atoms with Gasteiger partial charge in [0.15, 0.2) is 0 Å². The number of morpholine rings is 1. The van der Waals surface area contributed by atoms with Gasteiger partial charge in [0.1, 0.15) is 5.82 Å². The predicted octanol–water partition coefficient (Wildman–Crippen LogP) is 0.497. The largest absolute Gasteiger partial charge is 0.379 e. The van der Waals surface area contributed by atoms with Crippen LogP contribution >= 0.6 is 0 Å². The molecular weight excluding hydrogens is 270 g/mol. The highest BCUT2D eigenvalue weighted by molar-refractivity contribution is 6.06. The molecule has 21 heavy (non-hydrogen) atoms. The normalized spacial score (nSPS) is 15.9. The molecule has 1 aromatic carbocycles. The first-order valence-electron chi connectivity index (χ1n) is 6.78. The van der Waals surface area contributed by atoms with Crippen LogP contribution in [0.2, 0.25) is 0 Å². The molecule has 0 bridgehead atoms. The molecule has 0 radical (unpaired) electrons. The molecule has 110 valence electrons. The zero-order chi connectivity index (χ0) is 14.7. The molecule has 0 saturated carbocycles. The highest BCUT2D eigenvalue weighted by Gasteiger charge is 2.17. The van der Waals surface area contributed by atoms with Crippen molar-refractivity contribution in [2.24, 2.45) is 5.84 Å². The first-order valence-corrected chi connectivity index (χ1v) is 6.78. The molecule has 4 N–H and O–H groups in total. The molecule has 1 aliphatic heterocycles. The van der Waals surface area contributed by atoms with Gasteiger partial charge in [0, 0.05) is 18.5 Å². The average molecular weight is 287 g/mol. The zero-order valence-corrected chi connectivity index (χ0v) is 11.5. The van der Waals surface area contributed by atoms with E-state index in [4.69, 9.17) is 10.6 Å². The molecular formula is C14H17N5O2. The molecule has 1 aromatic heterocycles. The maximum atomic E-state index is 12.5. The van der Waals surface area contributed by atoms with E-state index in [2.05, 4.69) is 15.8 Å². The summed E-state index contributed by atoms with van der Waals surface area (Å²) >= 11 is 0. The number of hydrogen-bond acceptors (Lipinski definition) is 6. The van der Waals surface area contributed by atoms with Gasteiger partial charge in [-0.3, -0.25) is 10.2 Å². The maximum Gasteiger partial charge on any atom is 0.266 e. The van der Waals surface area contributed by atoms with Crippen LogP contribution in [0.25, 0.3) is 10.9 Å². The summed E-state index contributed by atoms with van der Waals surface area (Å²) in [5, 5.41) is 2.65. The van der Waals surface area contributed by atoms with Crippen LogP contribution in [-0.4, -0.2) is 42.2 Å². The van der Waals surface area contributed by atoms with Gasteiger partial charge in [0.25, 0.3) is 5.91 Å². The molecule has 1 amide bonds. The van der Waals surface area contributed by atoms with Gasteiger partial charge >= 0.3 is 0 Å². The third-order valence-electron chi connectivity index (χ3n) is 3.38. The Morgan fingerprint density at radius 3 is 2.81 bits per heavy atom. The number of rotatable bonds is 3. The molecule has 3 rings (SSSR count). The Kier molecular flexibility index (Phi) is 3.96. The Morgan fingerprint density at radius 1 is 1.29 bits per heavy atom. The minimum Gasteiger partial charge on any atom is -0.379 e. The van der Waals surface area contributed by atoms with E-state index in [0.717, 1.165) is 10.9 Å². The number of benzene rings is 1. The molecule has 2 aromatic rings. The number of hydrazine groups is 2. The number of pyridine rings is 1. The Labute approximate surface area is 122 Å². The Balaban J connectivity index is 1.92. The average Bonchev–Trinajstić information content (AvgIpc) is 2.54. The van der Waals surface area contributed by atoms with Crippen LogP contribution in [0.5, 0.6) is 0 Å². The Morgan fingerprint density at radius 2 is 2.05 bits per heavy atom. The fraction of sp³-hybridized carbons (Fsp3) is 0.286. The maximum absolute atomic E-state index is 12.5. The minimum atomic E-state index is -0.174. The number of aromatic nitrogens is 1. The number of nitrogen functional groups attached to an aromatic ring is 1. The molecule has 7 heteroatoms. The van der Waals surface area contributed by atoms with Crippen molar-refractivity contribution in [3.05, 3.63) is 35.9 Å². The molecule has 1 aliphatic rings. The highest BCUT2D eigenvalue weighted by Crippen LogP contribution is 2.20. The molecule has 1 fully saturated rings. The third-order valence-corrected chi connectivity index (χ3v) is 3.38. The molecule has 7 nitrogen and oxygen atoms in total. The third kappa shape index (κ3) is 2.94. The summed E-state index contributed by atoms with van der Waals surface area (Å²) in [4.78, 5) is 16.8. The molecule has 0 aliphatic carbocycles. The SMILES string of the molecule is NNc1cc(C(=O)NN2CCOCC2)c2ccccc2n1. The van der Waals surface area contributed by atoms with Crippen molar-refractivity contribution in [2.45, 2.75) is 0 Å². The van der Waals surface area contributed by atoms with E-state index in [0.29, 0.717) is 37.7 Å². The van der Waals surface area contributed by atoms with E-state index in [1.54, 1.807) is 6.07 Å². The van der Waals surface area contributed by atoms with Gasteiger partial charge in [0.05, 0.1) is 24.3 Å². The number of carbonyl (C=O) groups is 1. The number of nitrogens with zero attached hydrogens (tertiary/aromatic N) is 2. The van der Waals surface area contributed by atoms with Crippen molar-refractivity contribution in [1.29, 1.82) is 0 Å². The quantitative estimate of drug-likeness (QED) is 0.562. The van der Waals surface area contributed by atoms with Crippen molar-refractivity contribution in [2.75, 3.05) is 31.7 Å². The number of hydrogen-bond donors (Lipinski definition) is 3. The summed E-state index contributed by atoms with van der Waals surface area (Å²) in [5.74, 6) is 5.71. The second-order valence-electron chi connectivity index (χ2n) is 4.76. The van der Waals surface area contributed by atoms with Crippen molar-refractivity contribution in [1.82, 2.24) is 15.4 Å². The lowest BCUT2D eigenvalue weighted by Crippen LogP contribution is -2.48. The lowest BCUT2D eigenvalue weighted by atomic mass is 10.1. The van der Waals surface area contributed by atoms with Gasteiger partial charge in [-0.25, -0.2) is 15.8 Å². The van der Waals surface area contributed by atoms with Gasteiger partial charge in [-0.1, -0.05) is 18.2 Å². The van der Waals surface area contributed by atoms with Crippen molar-refractivity contribution in [3.8, 4) is 0 Å². The fourth-order valence-corrected chi connectivity index (χ4v) is 2.32. The number of amides is 1. The van der Waals surface area contributed by atoms with Crippen LogP contribution in [0.3, 0.4) is 0 Å². The van der Waals surface area contributed by atoms with Gasteiger partial charge in [-0.05, 0) is 12.1 Å². The summed E-state index contributed by atoms with van der Waals surface area (Å²) in [6.45, 7) is 2.59. The number of fused-ring (bicyclic) bond motifs is 1. The number of ether oxygens (including phenoxy) is 1. The van der Waals surface area contributed by atoms with E-state index in [1.807, 2.05) is 29.3 Å². The van der Waals surface area contributed by atoms with Crippen molar-refractivity contribution < 1.29 is 9.53 Å². The lowest BCUT2D eigenvalue weighted by Gasteiger charge is -2.27. The van der Waals surface area contributed by atoms with Gasteiger partial charge in [-0.2, -0.15) is 0 Å². The monoisotopic (exact) mass is 287 g/mol. The van der Waals surface area contributed by atoms with Crippen LogP contribution in [0.4, 0.5) is 5.82 Å². The summed E-state index contributed by atoms with van der Waals surface area (Å²) in [6.07, 6.45) is 0. The molecule has 0 unspecified atom stereocenters. The molecule has 2 heterocycles. The fourth-order valence-electron chi connectivity index (χ4n) is 2.32. The Hall–Kier alpha value is -2.22. The zero-order valence-electron chi connectivity index (χ0n) is 11.5. The van der Waals surface area contributed by atoms with E-state index in [9.17, 15) is 4.79 Å². The second kappa shape index (κ2) is 6.04. The summed E-state index contributed by atoms with van der Waals surface area (Å²) in [6, 6.07) is 9.13. The van der Waals surface area contributed by atoms with Crippen LogP contribution in [-0.2, 0) is 4.74 Å². The van der Waals surface area contributed by atoms with Gasteiger partial charge < -0.3 is 10.2 Å². The summed E-state index contributed by atoms with van der Waals surface area (Å²) < 4.78 is 5.26.